The molecule has 1 unspecified atom stereocenters. The summed E-state index contributed by atoms with van der Waals surface area (Å²) in [5, 5.41) is 2.86. The van der Waals surface area contributed by atoms with Crippen molar-refractivity contribution in [2.45, 2.75) is 57.0 Å². The number of amides is 3. The van der Waals surface area contributed by atoms with Gasteiger partial charge in [0.05, 0.1) is 17.3 Å². The van der Waals surface area contributed by atoms with Crippen molar-refractivity contribution in [3.8, 4) is 0 Å². The minimum Gasteiger partial charge on any atom is -0.321 e. The summed E-state index contributed by atoms with van der Waals surface area (Å²) in [7, 11) is 0. The minimum absolute atomic E-state index is 0.216. The summed E-state index contributed by atoms with van der Waals surface area (Å²) in [5.41, 5.74) is 8.49. The molecule has 0 heterocycles. The van der Waals surface area contributed by atoms with Gasteiger partial charge < -0.3 is 11.1 Å². The van der Waals surface area contributed by atoms with Crippen LogP contribution in [0.2, 0.25) is 0 Å². The van der Waals surface area contributed by atoms with E-state index in [-0.39, 0.29) is 23.4 Å². The van der Waals surface area contributed by atoms with E-state index < -0.39 is 11.9 Å². The van der Waals surface area contributed by atoms with Crippen molar-refractivity contribution in [3.05, 3.63) is 102 Å². The molecule has 1 fully saturated rings. The Morgan fingerprint density at radius 2 is 1.39 bits per heavy atom. The first-order valence-electron chi connectivity index (χ1n) is 12.7. The number of benzene rings is 3. The first kappa shape index (κ1) is 25.3. The molecule has 0 spiro atoms. The molecule has 6 nitrogen and oxygen atoms in total. The van der Waals surface area contributed by atoms with E-state index in [0.717, 1.165) is 44.1 Å². The third-order valence-corrected chi connectivity index (χ3v) is 6.70. The Balaban J connectivity index is 1.62. The number of hydrogen-bond acceptors (Lipinski definition) is 4. The molecule has 0 saturated heterocycles. The van der Waals surface area contributed by atoms with Crippen molar-refractivity contribution in [2.24, 2.45) is 5.73 Å². The van der Waals surface area contributed by atoms with E-state index in [9.17, 15) is 14.4 Å². The van der Waals surface area contributed by atoms with Gasteiger partial charge in [-0.15, -0.1) is 0 Å². The van der Waals surface area contributed by atoms with E-state index in [1.807, 2.05) is 36.4 Å². The molecule has 4 rings (SSSR count). The number of nitrogens with two attached hydrogens (primary N) is 1. The van der Waals surface area contributed by atoms with E-state index >= 15 is 0 Å². The number of imide groups is 1. The minimum atomic E-state index is -0.842. The zero-order valence-electron chi connectivity index (χ0n) is 20.4. The molecule has 0 bridgehead atoms. The normalized spacial score (nSPS) is 14.9. The lowest BCUT2D eigenvalue weighted by Crippen LogP contribution is -2.52. The predicted octanol–water partition coefficient (Wildman–Crippen LogP) is 5.20. The van der Waals surface area contributed by atoms with Crippen molar-refractivity contribution in [2.75, 3.05) is 5.32 Å². The largest absolute Gasteiger partial charge is 0.321 e. The van der Waals surface area contributed by atoms with Gasteiger partial charge in [-0.05, 0) is 49.1 Å². The summed E-state index contributed by atoms with van der Waals surface area (Å²) in [6.07, 6.45) is 5.97. The second-order valence-corrected chi connectivity index (χ2v) is 9.32. The maximum absolute atomic E-state index is 14.0. The highest BCUT2D eigenvalue weighted by Gasteiger charge is 2.35. The van der Waals surface area contributed by atoms with Crippen LogP contribution in [-0.4, -0.2) is 34.7 Å². The molecule has 36 heavy (non-hydrogen) atoms. The van der Waals surface area contributed by atoms with Crippen molar-refractivity contribution < 1.29 is 14.4 Å². The van der Waals surface area contributed by atoms with E-state index in [4.69, 9.17) is 5.73 Å². The van der Waals surface area contributed by atoms with Crippen LogP contribution in [0.4, 0.5) is 5.69 Å². The highest BCUT2D eigenvalue weighted by atomic mass is 16.2. The smallest absolute Gasteiger partial charge is 0.262 e. The topological polar surface area (TPSA) is 92.5 Å². The number of hydrogen-bond donors (Lipinski definition) is 2. The molecule has 1 aliphatic carbocycles. The number of nitrogens with one attached hydrogen (secondary N) is 1. The maximum Gasteiger partial charge on any atom is 0.262 e. The van der Waals surface area contributed by atoms with Gasteiger partial charge in [-0.3, -0.25) is 19.3 Å². The van der Waals surface area contributed by atoms with Gasteiger partial charge in [0.1, 0.15) is 0 Å². The molecule has 1 atom stereocenters. The average Bonchev–Trinajstić information content (AvgIpc) is 3.19. The fourth-order valence-corrected chi connectivity index (χ4v) is 4.79. The van der Waals surface area contributed by atoms with Crippen LogP contribution in [-0.2, 0) is 11.2 Å². The Bertz CT molecular complexity index is 1170. The van der Waals surface area contributed by atoms with Gasteiger partial charge >= 0.3 is 0 Å². The molecule has 186 valence electrons. The number of carbonyl (C=O) groups is 3. The predicted molar refractivity (Wildman–Crippen MR) is 142 cm³/mol. The van der Waals surface area contributed by atoms with Gasteiger partial charge in [0, 0.05) is 11.6 Å². The van der Waals surface area contributed by atoms with E-state index in [1.165, 1.54) is 4.90 Å². The third kappa shape index (κ3) is 6.26. The van der Waals surface area contributed by atoms with Crippen LogP contribution in [0, 0.1) is 0 Å². The quantitative estimate of drug-likeness (QED) is 0.452. The first-order valence-corrected chi connectivity index (χ1v) is 12.7. The Hall–Kier alpha value is -3.77. The molecular formula is C30H33N3O3. The lowest BCUT2D eigenvalue weighted by molar-refractivity contribution is -0.132. The Kier molecular flexibility index (Phi) is 8.63. The van der Waals surface area contributed by atoms with Crippen molar-refractivity contribution in [1.82, 2.24) is 4.90 Å². The molecule has 3 N–H and O–H groups in total. The zero-order chi connectivity index (χ0) is 25.3. The standard InChI is InChI=1S/C30H33N3O3/c31-26(21-22-13-5-3-6-14-22)30(36)33(24-17-9-1-2-10-18-24)29(35)25-19-11-12-20-27(25)32-28(34)23-15-7-4-8-16-23/h3-8,11-16,19-20,24,26H,1-2,9-10,17-18,21,31H2,(H,32,34). The van der Waals surface area contributed by atoms with Gasteiger partial charge in [0.25, 0.3) is 11.8 Å². The third-order valence-electron chi connectivity index (χ3n) is 6.70. The summed E-state index contributed by atoms with van der Waals surface area (Å²) in [5.74, 6) is -1.11. The maximum atomic E-state index is 14.0. The summed E-state index contributed by atoms with van der Waals surface area (Å²) in [6, 6.07) is 24.2. The first-order chi connectivity index (χ1) is 17.5. The molecule has 1 aliphatic rings. The van der Waals surface area contributed by atoms with Crippen LogP contribution >= 0.6 is 0 Å². The van der Waals surface area contributed by atoms with Gasteiger partial charge in [0.2, 0.25) is 5.91 Å². The van der Waals surface area contributed by atoms with Crippen molar-refractivity contribution >= 4 is 23.4 Å². The summed E-state index contributed by atoms with van der Waals surface area (Å²) in [4.78, 5) is 41.9. The van der Waals surface area contributed by atoms with E-state index in [2.05, 4.69) is 5.32 Å². The van der Waals surface area contributed by atoms with Gasteiger partial charge in [0.15, 0.2) is 0 Å². The molecule has 6 heteroatoms. The van der Waals surface area contributed by atoms with Crippen LogP contribution in [0.3, 0.4) is 0 Å². The summed E-state index contributed by atoms with van der Waals surface area (Å²) in [6.45, 7) is 0. The fraction of sp³-hybridized carbons (Fsp3) is 0.300. The molecule has 3 aromatic rings. The van der Waals surface area contributed by atoms with E-state index in [0.29, 0.717) is 17.7 Å². The Morgan fingerprint density at radius 3 is 2.06 bits per heavy atom. The molecule has 0 aliphatic heterocycles. The lowest BCUT2D eigenvalue weighted by atomic mass is 10.0. The van der Waals surface area contributed by atoms with Crippen molar-refractivity contribution in [1.29, 1.82) is 0 Å². The van der Waals surface area contributed by atoms with Gasteiger partial charge in [-0.1, -0.05) is 86.3 Å². The molecule has 0 radical (unpaired) electrons. The van der Waals surface area contributed by atoms with Crippen LogP contribution in [0.15, 0.2) is 84.9 Å². The number of rotatable bonds is 7. The second-order valence-electron chi connectivity index (χ2n) is 9.32. The average molecular weight is 484 g/mol. The second kappa shape index (κ2) is 12.3. The number of anilines is 1. The van der Waals surface area contributed by atoms with E-state index in [1.54, 1.807) is 48.5 Å². The number of para-hydroxylation sites is 1. The highest BCUT2D eigenvalue weighted by molar-refractivity contribution is 6.12. The van der Waals surface area contributed by atoms with Crippen LogP contribution in [0.1, 0.15) is 64.8 Å². The van der Waals surface area contributed by atoms with Gasteiger partial charge in [-0.2, -0.15) is 0 Å². The Labute approximate surface area is 212 Å². The summed E-state index contributed by atoms with van der Waals surface area (Å²) < 4.78 is 0. The molecule has 1 saturated carbocycles. The number of carbonyl (C=O) groups excluding carboxylic acids is 3. The molecule has 3 aromatic carbocycles. The van der Waals surface area contributed by atoms with Crippen LogP contribution in [0.25, 0.3) is 0 Å². The fourth-order valence-electron chi connectivity index (χ4n) is 4.79. The molecule has 0 aromatic heterocycles. The SMILES string of the molecule is NC(Cc1ccccc1)C(=O)N(C(=O)c1ccccc1NC(=O)c1ccccc1)C1CCCCCC1. The summed E-state index contributed by atoms with van der Waals surface area (Å²) >= 11 is 0. The van der Waals surface area contributed by atoms with Crippen LogP contribution < -0.4 is 11.1 Å². The Morgan fingerprint density at radius 1 is 0.806 bits per heavy atom. The molecule has 3 amide bonds. The van der Waals surface area contributed by atoms with Crippen LogP contribution in [0.5, 0.6) is 0 Å². The van der Waals surface area contributed by atoms with Crippen molar-refractivity contribution in [3.63, 3.8) is 0 Å². The lowest BCUT2D eigenvalue weighted by Gasteiger charge is -2.32. The monoisotopic (exact) mass is 483 g/mol. The van der Waals surface area contributed by atoms with Gasteiger partial charge in [-0.25, -0.2) is 0 Å². The highest BCUT2D eigenvalue weighted by Crippen LogP contribution is 2.27. The molecular weight excluding hydrogens is 450 g/mol. The number of nitrogens with zero attached hydrogens (tertiary/aromatic N) is 1. The zero-order valence-corrected chi connectivity index (χ0v) is 20.4.